The molecule has 2 amide bonds. The number of ketones is 1. The molecule has 1 atom stereocenters. The highest BCUT2D eigenvalue weighted by Crippen LogP contribution is 2.16. The molecule has 0 unspecified atom stereocenters. The van der Waals surface area contributed by atoms with Crippen LogP contribution in [0.2, 0.25) is 0 Å². The first kappa shape index (κ1) is 23.6. The molecule has 2 N–H and O–H groups in total. The van der Waals surface area contributed by atoms with Crippen molar-refractivity contribution in [3.8, 4) is 0 Å². The highest BCUT2D eigenvalue weighted by atomic mass is 16.6. The maximum atomic E-state index is 12.6. The molecular weight excluding hydrogens is 358 g/mol. The third kappa shape index (κ3) is 8.06. The molecular formula is C21H33N3O4. The summed E-state index contributed by atoms with van der Waals surface area (Å²) in [5.41, 5.74) is 0.790. The normalized spacial score (nSPS) is 12.1. The third-order valence-electron chi connectivity index (χ3n) is 4.41. The lowest BCUT2D eigenvalue weighted by Crippen LogP contribution is -2.48. The van der Waals surface area contributed by atoms with E-state index >= 15 is 0 Å². The topological polar surface area (TPSA) is 97.4 Å². The maximum absolute atomic E-state index is 12.6. The number of nitrogens with zero attached hydrogens (tertiary/aromatic N) is 1. The largest absolute Gasteiger partial charge is 0.446 e. The fourth-order valence-corrected chi connectivity index (χ4v) is 2.95. The van der Waals surface area contributed by atoms with Gasteiger partial charge in [0.15, 0.2) is 0 Å². The van der Waals surface area contributed by atoms with Gasteiger partial charge in [0.2, 0.25) is 5.78 Å². The lowest BCUT2D eigenvalue weighted by Gasteiger charge is -2.26. The lowest BCUT2D eigenvalue weighted by atomic mass is 9.96. The summed E-state index contributed by atoms with van der Waals surface area (Å²) in [4.78, 5) is 41.1. The van der Waals surface area contributed by atoms with Gasteiger partial charge in [-0.2, -0.15) is 0 Å². The monoisotopic (exact) mass is 391 g/mol. The summed E-state index contributed by atoms with van der Waals surface area (Å²) < 4.78 is 5.50. The van der Waals surface area contributed by atoms with Crippen LogP contribution in [0.1, 0.15) is 59.4 Å². The van der Waals surface area contributed by atoms with Gasteiger partial charge in [0.25, 0.3) is 5.91 Å². The Morgan fingerprint density at radius 1 is 1.14 bits per heavy atom. The van der Waals surface area contributed by atoms with Crippen molar-refractivity contribution in [3.05, 3.63) is 30.1 Å². The number of amides is 2. The van der Waals surface area contributed by atoms with E-state index < -0.39 is 23.8 Å². The van der Waals surface area contributed by atoms with Gasteiger partial charge in [-0.3, -0.25) is 14.6 Å². The van der Waals surface area contributed by atoms with Crippen molar-refractivity contribution in [1.29, 1.82) is 0 Å². The first-order valence-electron chi connectivity index (χ1n) is 9.94. The van der Waals surface area contributed by atoms with Crippen LogP contribution in [0.3, 0.4) is 0 Å². The van der Waals surface area contributed by atoms with Crippen LogP contribution in [0.15, 0.2) is 24.5 Å². The number of rotatable bonds is 11. The zero-order chi connectivity index (χ0) is 21.1. The number of carbonyl (C=O) groups is 3. The summed E-state index contributed by atoms with van der Waals surface area (Å²) in [6.45, 7) is 10.1. The molecule has 1 heterocycles. The molecule has 0 aliphatic carbocycles. The number of aromatic nitrogens is 1. The van der Waals surface area contributed by atoms with Crippen LogP contribution in [-0.4, -0.2) is 34.9 Å². The smallest absolute Gasteiger partial charge is 0.408 e. The van der Waals surface area contributed by atoms with Gasteiger partial charge in [0.05, 0.1) is 0 Å². The van der Waals surface area contributed by atoms with Gasteiger partial charge in [0.1, 0.15) is 12.1 Å². The highest BCUT2D eigenvalue weighted by Gasteiger charge is 2.29. The van der Waals surface area contributed by atoms with Gasteiger partial charge in [0, 0.05) is 18.9 Å². The minimum atomic E-state index is -0.902. The van der Waals surface area contributed by atoms with Gasteiger partial charge < -0.3 is 15.4 Å². The maximum Gasteiger partial charge on any atom is 0.408 e. The summed E-state index contributed by atoms with van der Waals surface area (Å²) in [7, 11) is 0. The Balaban J connectivity index is 2.70. The Kier molecular flexibility index (Phi) is 10.2. The SMILES string of the molecule is CCCC[C@H](NC(=O)OC(C(C)C)C(C)C)C(=O)C(=O)NCc1cccnc1. The summed E-state index contributed by atoms with van der Waals surface area (Å²) in [5.74, 6) is -1.09. The molecule has 1 rings (SSSR count). The minimum Gasteiger partial charge on any atom is -0.446 e. The Hall–Kier alpha value is -2.44. The Labute approximate surface area is 167 Å². The van der Waals surface area contributed by atoms with E-state index in [-0.39, 0.29) is 24.5 Å². The Morgan fingerprint density at radius 3 is 2.36 bits per heavy atom. The number of hydrogen-bond acceptors (Lipinski definition) is 5. The van der Waals surface area contributed by atoms with Gasteiger partial charge in [-0.15, -0.1) is 0 Å². The molecule has 0 fully saturated rings. The minimum absolute atomic E-state index is 0.151. The van der Waals surface area contributed by atoms with Crippen LogP contribution in [0, 0.1) is 11.8 Å². The van der Waals surface area contributed by atoms with Crippen molar-refractivity contribution < 1.29 is 19.1 Å². The van der Waals surface area contributed by atoms with Gasteiger partial charge >= 0.3 is 6.09 Å². The summed E-state index contributed by atoms with van der Waals surface area (Å²) in [5, 5.41) is 5.17. The second kappa shape index (κ2) is 12.1. The first-order chi connectivity index (χ1) is 13.3. The van der Waals surface area contributed by atoms with E-state index in [9.17, 15) is 14.4 Å². The van der Waals surface area contributed by atoms with Crippen molar-refractivity contribution in [1.82, 2.24) is 15.6 Å². The van der Waals surface area contributed by atoms with Gasteiger partial charge in [-0.05, 0) is 29.9 Å². The second-order valence-electron chi connectivity index (χ2n) is 7.61. The molecule has 28 heavy (non-hydrogen) atoms. The van der Waals surface area contributed by atoms with Crippen molar-refractivity contribution in [2.24, 2.45) is 11.8 Å². The number of ether oxygens (including phenoxy) is 1. The van der Waals surface area contributed by atoms with E-state index in [0.29, 0.717) is 12.8 Å². The molecule has 0 aliphatic heterocycles. The van der Waals surface area contributed by atoms with Crippen LogP contribution in [0.4, 0.5) is 4.79 Å². The standard InChI is InChI=1S/C21H33N3O4/c1-6-7-10-17(24-21(27)28-19(14(2)3)15(4)5)18(25)20(26)23-13-16-9-8-11-22-12-16/h8-9,11-12,14-15,17,19H,6-7,10,13H2,1-5H3,(H,23,26)(H,24,27)/t17-/m0/s1. The molecule has 156 valence electrons. The van der Waals surface area contributed by atoms with E-state index in [1.807, 2.05) is 34.6 Å². The fraction of sp³-hybridized carbons (Fsp3) is 0.619. The average Bonchev–Trinajstić information content (AvgIpc) is 2.67. The molecule has 1 aromatic rings. The van der Waals surface area contributed by atoms with E-state index in [2.05, 4.69) is 15.6 Å². The predicted octanol–water partition coefficient (Wildman–Crippen LogP) is 3.23. The van der Waals surface area contributed by atoms with Crippen molar-refractivity contribution >= 4 is 17.8 Å². The molecule has 7 heteroatoms. The molecule has 7 nitrogen and oxygen atoms in total. The Bertz CT molecular complexity index is 624. The number of unbranched alkanes of at least 4 members (excludes halogenated alkanes) is 1. The molecule has 0 saturated heterocycles. The number of alkyl carbamates (subject to hydrolysis) is 1. The zero-order valence-electron chi connectivity index (χ0n) is 17.5. The highest BCUT2D eigenvalue weighted by molar-refractivity contribution is 6.38. The van der Waals surface area contributed by atoms with E-state index in [1.165, 1.54) is 0 Å². The van der Waals surface area contributed by atoms with Crippen LogP contribution >= 0.6 is 0 Å². The second-order valence-corrected chi connectivity index (χ2v) is 7.61. The van der Waals surface area contributed by atoms with Crippen molar-refractivity contribution in [2.45, 2.75) is 72.6 Å². The van der Waals surface area contributed by atoms with Crippen LogP contribution in [-0.2, 0) is 20.9 Å². The zero-order valence-corrected chi connectivity index (χ0v) is 17.5. The van der Waals surface area contributed by atoms with Gasteiger partial charge in [-0.1, -0.05) is 53.5 Å². The molecule has 0 saturated carbocycles. The third-order valence-corrected chi connectivity index (χ3v) is 4.41. The molecule has 0 radical (unpaired) electrons. The van der Waals surface area contributed by atoms with Crippen LogP contribution < -0.4 is 10.6 Å². The fourth-order valence-electron chi connectivity index (χ4n) is 2.95. The number of hydrogen-bond donors (Lipinski definition) is 2. The van der Waals surface area contributed by atoms with E-state index in [4.69, 9.17) is 4.74 Å². The number of nitrogens with one attached hydrogen (secondary N) is 2. The van der Waals surface area contributed by atoms with Crippen LogP contribution in [0.5, 0.6) is 0 Å². The number of pyridine rings is 1. The number of Topliss-reactive ketones (excluding diaryl/α,β-unsaturated/α-hetero) is 1. The van der Waals surface area contributed by atoms with E-state index in [1.54, 1.807) is 24.5 Å². The van der Waals surface area contributed by atoms with Crippen LogP contribution in [0.25, 0.3) is 0 Å². The molecule has 0 spiro atoms. The Morgan fingerprint density at radius 2 is 1.82 bits per heavy atom. The lowest BCUT2D eigenvalue weighted by molar-refractivity contribution is -0.139. The quantitative estimate of drug-likeness (QED) is 0.565. The average molecular weight is 392 g/mol. The van der Waals surface area contributed by atoms with Crippen molar-refractivity contribution in [2.75, 3.05) is 0 Å². The van der Waals surface area contributed by atoms with Gasteiger partial charge in [-0.25, -0.2) is 4.79 Å². The first-order valence-corrected chi connectivity index (χ1v) is 9.94. The summed E-state index contributed by atoms with van der Waals surface area (Å²) in [6.07, 6.45) is 4.27. The summed E-state index contributed by atoms with van der Waals surface area (Å²) in [6, 6.07) is 2.66. The molecule has 0 bridgehead atoms. The molecule has 1 aromatic heterocycles. The van der Waals surface area contributed by atoms with Crippen molar-refractivity contribution in [3.63, 3.8) is 0 Å². The predicted molar refractivity (Wildman–Crippen MR) is 107 cm³/mol. The molecule has 0 aliphatic rings. The van der Waals surface area contributed by atoms with E-state index in [0.717, 1.165) is 12.0 Å². The summed E-state index contributed by atoms with van der Waals surface area (Å²) >= 11 is 0. The number of carbonyl (C=O) groups excluding carboxylic acids is 3. The molecule has 0 aromatic carbocycles.